The maximum absolute atomic E-state index is 5.93. The fourth-order valence-corrected chi connectivity index (χ4v) is 2.52. The van der Waals surface area contributed by atoms with E-state index in [1.54, 1.807) is 25.5 Å². The summed E-state index contributed by atoms with van der Waals surface area (Å²) in [6.45, 7) is 12.0. The smallest absolute Gasteiger partial charge is 0.184 e. The lowest BCUT2D eigenvalue weighted by atomic mass is 9.87. The van der Waals surface area contributed by atoms with Crippen molar-refractivity contribution in [3.05, 3.63) is 28.4 Å². The van der Waals surface area contributed by atoms with Gasteiger partial charge in [-0.05, 0) is 13.8 Å². The second kappa shape index (κ2) is 6.88. The molecule has 0 saturated heterocycles. The minimum absolute atomic E-state index is 0.0981. The number of nitrogens with zero attached hydrogens (tertiary/aromatic N) is 2. The molecule has 0 aliphatic rings. The molecule has 1 unspecified atom stereocenters. The Morgan fingerprint density at radius 3 is 2.65 bits per heavy atom. The average molecular weight is 296 g/mol. The van der Waals surface area contributed by atoms with Crippen molar-refractivity contribution >= 4 is 17.2 Å². The Morgan fingerprint density at radius 1 is 1.55 bits per heavy atom. The van der Waals surface area contributed by atoms with E-state index >= 15 is 0 Å². The zero-order valence-electron chi connectivity index (χ0n) is 13.2. The monoisotopic (exact) mass is 296 g/mol. The van der Waals surface area contributed by atoms with Crippen LogP contribution in [0, 0.1) is 12.3 Å². The van der Waals surface area contributed by atoms with Crippen molar-refractivity contribution in [2.45, 2.75) is 40.2 Å². The Bertz CT molecular complexity index is 492. The van der Waals surface area contributed by atoms with Gasteiger partial charge in [-0.15, -0.1) is 11.3 Å². The summed E-state index contributed by atoms with van der Waals surface area (Å²) < 4.78 is 11.2. The van der Waals surface area contributed by atoms with Crippen LogP contribution in [0.1, 0.15) is 44.0 Å². The molecule has 1 rings (SSSR count). The summed E-state index contributed by atoms with van der Waals surface area (Å²) in [5.74, 6) is 1.41. The summed E-state index contributed by atoms with van der Waals surface area (Å²) in [5, 5.41) is 2.99. The summed E-state index contributed by atoms with van der Waals surface area (Å²) in [4.78, 5) is 8.68. The topological polar surface area (TPSA) is 43.7 Å². The van der Waals surface area contributed by atoms with Gasteiger partial charge in [0.2, 0.25) is 0 Å². The lowest BCUT2D eigenvalue weighted by molar-refractivity contribution is 0.170. The number of aromatic nitrogens is 1. The number of thiazole rings is 1. The van der Waals surface area contributed by atoms with Crippen LogP contribution >= 0.6 is 11.3 Å². The molecule has 0 aromatic carbocycles. The van der Waals surface area contributed by atoms with Crippen LogP contribution < -0.4 is 0 Å². The van der Waals surface area contributed by atoms with Crippen molar-refractivity contribution in [2.24, 2.45) is 10.4 Å². The van der Waals surface area contributed by atoms with E-state index in [0.717, 1.165) is 16.5 Å². The van der Waals surface area contributed by atoms with Crippen LogP contribution in [0.4, 0.5) is 0 Å². The predicted molar refractivity (Wildman–Crippen MR) is 84.3 cm³/mol. The molecular formula is C15H24N2O2S. The van der Waals surface area contributed by atoms with Gasteiger partial charge in [0.1, 0.15) is 11.1 Å². The summed E-state index contributed by atoms with van der Waals surface area (Å²) in [5.41, 5.74) is 0.797. The maximum atomic E-state index is 5.93. The number of hydrogen-bond donors (Lipinski definition) is 0. The lowest BCUT2D eigenvalue weighted by Gasteiger charge is -2.27. The largest absolute Gasteiger partial charge is 0.501 e. The van der Waals surface area contributed by atoms with Crippen molar-refractivity contribution in [1.82, 2.24) is 4.98 Å². The Balaban J connectivity index is 2.71. The molecule has 0 aliphatic heterocycles. The van der Waals surface area contributed by atoms with Crippen molar-refractivity contribution in [2.75, 3.05) is 14.2 Å². The summed E-state index contributed by atoms with van der Waals surface area (Å²) in [7, 11) is 3.37. The van der Waals surface area contributed by atoms with Crippen LogP contribution in [-0.2, 0) is 9.47 Å². The third-order valence-electron chi connectivity index (χ3n) is 3.14. The molecule has 0 N–H and O–H groups in total. The van der Waals surface area contributed by atoms with E-state index in [-0.39, 0.29) is 11.5 Å². The van der Waals surface area contributed by atoms with Crippen molar-refractivity contribution < 1.29 is 9.47 Å². The first kappa shape index (κ1) is 16.7. The minimum atomic E-state index is -0.220. The Hall–Kier alpha value is -1.36. The van der Waals surface area contributed by atoms with E-state index in [0.29, 0.717) is 12.3 Å². The molecule has 112 valence electrons. The highest BCUT2D eigenvalue weighted by Gasteiger charge is 2.27. The predicted octanol–water partition coefficient (Wildman–Crippen LogP) is 4.13. The standard InChI is InChI=1S/C15H24N2O2S/c1-10-9-20-14(17-10)11(2)19-13(16-6)8-15(4,5)12(3)18-7/h9,11H,3,8H2,1-2,4-7H3/b16-13-. The first-order chi connectivity index (χ1) is 9.30. The normalized spacial score (nSPS) is 14.0. The number of methoxy groups -OCH3 is 1. The number of aliphatic imine (C=N–C) groups is 1. The summed E-state index contributed by atoms with van der Waals surface area (Å²) in [6, 6.07) is 0. The minimum Gasteiger partial charge on any atom is -0.501 e. The van der Waals surface area contributed by atoms with E-state index in [9.17, 15) is 0 Å². The lowest BCUT2D eigenvalue weighted by Crippen LogP contribution is -2.22. The first-order valence-electron chi connectivity index (χ1n) is 6.58. The van der Waals surface area contributed by atoms with E-state index in [4.69, 9.17) is 9.47 Å². The van der Waals surface area contributed by atoms with E-state index in [1.165, 1.54) is 0 Å². The van der Waals surface area contributed by atoms with Gasteiger partial charge in [-0.3, -0.25) is 4.99 Å². The van der Waals surface area contributed by atoms with E-state index < -0.39 is 0 Å². The third kappa shape index (κ3) is 4.34. The van der Waals surface area contributed by atoms with Crippen LogP contribution in [0.25, 0.3) is 0 Å². The molecule has 0 saturated carbocycles. The molecule has 0 amide bonds. The molecule has 0 radical (unpaired) electrons. The van der Waals surface area contributed by atoms with Gasteiger partial charge in [-0.25, -0.2) is 4.98 Å². The third-order valence-corrected chi connectivity index (χ3v) is 4.26. The molecular weight excluding hydrogens is 272 g/mol. The maximum Gasteiger partial charge on any atom is 0.184 e. The molecule has 0 fully saturated rings. The van der Waals surface area contributed by atoms with Crippen molar-refractivity contribution in [3.63, 3.8) is 0 Å². The Labute approximate surface area is 125 Å². The van der Waals surface area contributed by atoms with Gasteiger partial charge in [-0.2, -0.15) is 0 Å². The molecule has 1 aromatic rings. The van der Waals surface area contributed by atoms with Crippen molar-refractivity contribution in [3.8, 4) is 0 Å². The van der Waals surface area contributed by atoms with E-state index in [2.05, 4.69) is 30.4 Å². The number of aryl methyl sites for hydroxylation is 1. The number of allylic oxidation sites excluding steroid dienone is 1. The second-order valence-electron chi connectivity index (χ2n) is 5.39. The fraction of sp³-hybridized carbons (Fsp3) is 0.600. The van der Waals surface area contributed by atoms with Gasteiger partial charge in [-0.1, -0.05) is 20.4 Å². The molecule has 20 heavy (non-hydrogen) atoms. The van der Waals surface area contributed by atoms with Crippen LogP contribution in [0.3, 0.4) is 0 Å². The molecule has 4 nitrogen and oxygen atoms in total. The molecule has 0 spiro atoms. The zero-order valence-corrected chi connectivity index (χ0v) is 14.0. The van der Waals surface area contributed by atoms with Crippen LogP contribution in [0.15, 0.2) is 22.7 Å². The zero-order chi connectivity index (χ0) is 15.3. The summed E-state index contributed by atoms with van der Waals surface area (Å²) in [6.07, 6.45) is 0.546. The fourth-order valence-electron chi connectivity index (χ4n) is 1.74. The van der Waals surface area contributed by atoms with Crippen molar-refractivity contribution in [1.29, 1.82) is 0 Å². The molecule has 1 heterocycles. The molecule has 1 aromatic heterocycles. The highest BCUT2D eigenvalue weighted by Crippen LogP contribution is 2.31. The molecule has 0 bridgehead atoms. The number of hydrogen-bond acceptors (Lipinski definition) is 5. The van der Waals surface area contributed by atoms with Gasteiger partial charge < -0.3 is 9.47 Å². The molecule has 5 heteroatoms. The average Bonchev–Trinajstić information content (AvgIpc) is 2.83. The van der Waals surface area contributed by atoms with Gasteiger partial charge in [0.25, 0.3) is 0 Å². The highest BCUT2D eigenvalue weighted by molar-refractivity contribution is 7.09. The Kier molecular flexibility index (Phi) is 5.74. The summed E-state index contributed by atoms with van der Waals surface area (Å²) >= 11 is 1.61. The van der Waals surface area contributed by atoms with Crippen LogP contribution in [0.2, 0.25) is 0 Å². The highest BCUT2D eigenvalue weighted by atomic mass is 32.1. The van der Waals surface area contributed by atoms with Crippen LogP contribution in [-0.4, -0.2) is 25.0 Å². The van der Waals surface area contributed by atoms with Gasteiger partial charge >= 0.3 is 0 Å². The van der Waals surface area contributed by atoms with E-state index in [1.807, 2.05) is 19.2 Å². The van der Waals surface area contributed by atoms with Gasteiger partial charge in [0.05, 0.1) is 12.9 Å². The molecule has 0 aliphatic carbocycles. The Morgan fingerprint density at radius 2 is 2.20 bits per heavy atom. The van der Waals surface area contributed by atoms with Gasteiger partial charge in [0, 0.05) is 30.0 Å². The molecule has 1 atom stereocenters. The van der Waals surface area contributed by atoms with Crippen LogP contribution in [0.5, 0.6) is 0 Å². The second-order valence-corrected chi connectivity index (χ2v) is 6.28. The first-order valence-corrected chi connectivity index (χ1v) is 7.46. The number of rotatable bonds is 6. The SMILES string of the molecule is C=C(OC)C(C)(C)C/C(=N/C)OC(C)c1nc(C)cs1. The van der Waals surface area contributed by atoms with Gasteiger partial charge in [0.15, 0.2) is 5.90 Å². The quantitative estimate of drug-likeness (QED) is 0.450. The number of ether oxygens (including phenoxy) is 2.